The van der Waals surface area contributed by atoms with Gasteiger partial charge in [-0.05, 0) is 45.7 Å². The maximum Gasteiger partial charge on any atom is 0.328 e. The molecule has 0 spiro atoms. The Bertz CT molecular complexity index is 512. The van der Waals surface area contributed by atoms with Crippen molar-refractivity contribution in [1.29, 1.82) is 0 Å². The van der Waals surface area contributed by atoms with Gasteiger partial charge in [-0.3, -0.25) is 0 Å². The Morgan fingerprint density at radius 1 is 1.25 bits per heavy atom. The highest BCUT2D eigenvalue weighted by Gasteiger charge is 1.98. The average Bonchev–Trinajstić information content (AvgIpc) is 2.80. The lowest BCUT2D eigenvalue weighted by Gasteiger charge is -1.99. The van der Waals surface area contributed by atoms with Crippen LogP contribution in [0.25, 0.3) is 17.2 Å². The van der Waals surface area contributed by atoms with E-state index in [9.17, 15) is 4.79 Å². The summed E-state index contributed by atoms with van der Waals surface area (Å²) < 4.78 is 0. The first kappa shape index (κ1) is 10.6. The number of carbonyl (C=O) groups is 1. The molecule has 2 aromatic rings. The average molecular weight is 230 g/mol. The summed E-state index contributed by atoms with van der Waals surface area (Å²) in [5, 5.41) is 12.6. The zero-order valence-electron chi connectivity index (χ0n) is 8.46. The van der Waals surface area contributed by atoms with Crippen molar-refractivity contribution >= 4 is 23.4 Å². The molecule has 1 aromatic heterocycles. The number of hydrogen-bond acceptors (Lipinski definition) is 2. The summed E-state index contributed by atoms with van der Waals surface area (Å²) in [4.78, 5) is 10.4. The first-order valence-electron chi connectivity index (χ1n) is 4.79. The fraction of sp³-hybridized carbons (Fsp3) is 0. The second kappa shape index (κ2) is 4.77. The topological polar surface area (TPSA) is 37.3 Å². The van der Waals surface area contributed by atoms with Crippen LogP contribution in [-0.4, -0.2) is 11.1 Å². The van der Waals surface area contributed by atoms with Gasteiger partial charge in [-0.2, -0.15) is 11.3 Å². The number of benzene rings is 1. The van der Waals surface area contributed by atoms with Crippen LogP contribution in [0.5, 0.6) is 0 Å². The van der Waals surface area contributed by atoms with Crippen LogP contribution < -0.4 is 0 Å². The maximum atomic E-state index is 10.4. The van der Waals surface area contributed by atoms with E-state index >= 15 is 0 Å². The molecular formula is C13H10O2S. The van der Waals surface area contributed by atoms with E-state index in [0.29, 0.717) is 0 Å². The van der Waals surface area contributed by atoms with Crippen LogP contribution in [0, 0.1) is 0 Å². The number of carboxylic acid groups (broad SMARTS) is 1. The first-order valence-corrected chi connectivity index (χ1v) is 5.73. The number of carboxylic acids is 1. The quantitative estimate of drug-likeness (QED) is 0.819. The minimum Gasteiger partial charge on any atom is -0.478 e. The Kier molecular flexibility index (Phi) is 3.17. The van der Waals surface area contributed by atoms with Gasteiger partial charge in [-0.1, -0.05) is 18.2 Å². The fourth-order valence-electron chi connectivity index (χ4n) is 1.42. The molecule has 0 saturated heterocycles. The van der Waals surface area contributed by atoms with E-state index in [0.717, 1.165) is 22.8 Å². The molecule has 0 bridgehead atoms. The normalized spacial score (nSPS) is 10.8. The molecule has 3 heteroatoms. The third-order valence-electron chi connectivity index (χ3n) is 2.16. The monoisotopic (exact) mass is 230 g/mol. The third kappa shape index (κ3) is 2.58. The van der Waals surface area contributed by atoms with Crippen molar-refractivity contribution in [3.05, 3.63) is 52.7 Å². The van der Waals surface area contributed by atoms with Gasteiger partial charge in [0.05, 0.1) is 0 Å². The Morgan fingerprint density at radius 2 is 2.12 bits per heavy atom. The van der Waals surface area contributed by atoms with Crippen LogP contribution in [0.15, 0.2) is 47.2 Å². The predicted molar refractivity (Wildman–Crippen MR) is 66.4 cm³/mol. The summed E-state index contributed by atoms with van der Waals surface area (Å²) in [6.07, 6.45) is 2.74. The molecule has 1 N–H and O–H groups in total. The molecule has 1 aromatic carbocycles. The maximum absolute atomic E-state index is 10.4. The standard InChI is InChI=1S/C13H10O2S/c14-13(15)5-4-10-2-1-3-11(8-10)12-6-7-16-9-12/h1-9H,(H,14,15)/b5-4+. The Hall–Kier alpha value is -1.87. The molecule has 0 unspecified atom stereocenters. The Morgan fingerprint density at radius 3 is 2.81 bits per heavy atom. The molecule has 0 fully saturated rings. The fourth-order valence-corrected chi connectivity index (χ4v) is 2.08. The molecule has 0 aliphatic carbocycles. The van der Waals surface area contributed by atoms with Crippen LogP contribution >= 0.6 is 11.3 Å². The highest BCUT2D eigenvalue weighted by atomic mass is 32.1. The lowest BCUT2D eigenvalue weighted by molar-refractivity contribution is -0.131. The summed E-state index contributed by atoms with van der Waals surface area (Å²) in [6, 6.07) is 9.84. The van der Waals surface area contributed by atoms with E-state index in [4.69, 9.17) is 5.11 Å². The van der Waals surface area contributed by atoms with Gasteiger partial charge in [0.2, 0.25) is 0 Å². The number of thiophene rings is 1. The summed E-state index contributed by atoms with van der Waals surface area (Å²) in [7, 11) is 0. The van der Waals surface area contributed by atoms with Crippen LogP contribution in [0.4, 0.5) is 0 Å². The zero-order chi connectivity index (χ0) is 11.4. The summed E-state index contributed by atoms with van der Waals surface area (Å²) in [5.74, 6) is -0.930. The number of hydrogen-bond donors (Lipinski definition) is 1. The summed E-state index contributed by atoms with van der Waals surface area (Å²) >= 11 is 1.65. The number of rotatable bonds is 3. The van der Waals surface area contributed by atoms with E-state index in [1.54, 1.807) is 17.4 Å². The van der Waals surface area contributed by atoms with Crippen LogP contribution in [0.2, 0.25) is 0 Å². The van der Waals surface area contributed by atoms with Gasteiger partial charge in [-0.15, -0.1) is 0 Å². The smallest absolute Gasteiger partial charge is 0.328 e. The van der Waals surface area contributed by atoms with Crippen molar-refractivity contribution in [3.8, 4) is 11.1 Å². The lowest BCUT2D eigenvalue weighted by atomic mass is 10.1. The molecule has 0 aliphatic rings. The molecule has 1 heterocycles. The lowest BCUT2D eigenvalue weighted by Crippen LogP contribution is -1.85. The molecule has 16 heavy (non-hydrogen) atoms. The van der Waals surface area contributed by atoms with Crippen LogP contribution in [0.1, 0.15) is 5.56 Å². The van der Waals surface area contributed by atoms with Gasteiger partial charge < -0.3 is 5.11 Å². The predicted octanol–water partition coefficient (Wildman–Crippen LogP) is 3.51. The van der Waals surface area contributed by atoms with Gasteiger partial charge in [0.25, 0.3) is 0 Å². The second-order valence-electron chi connectivity index (χ2n) is 3.31. The van der Waals surface area contributed by atoms with Gasteiger partial charge in [-0.25, -0.2) is 4.79 Å². The molecular weight excluding hydrogens is 220 g/mol. The largest absolute Gasteiger partial charge is 0.478 e. The van der Waals surface area contributed by atoms with Gasteiger partial charge >= 0.3 is 5.97 Å². The minimum absolute atomic E-state index is 0.895. The van der Waals surface area contributed by atoms with E-state index in [1.165, 1.54) is 0 Å². The van der Waals surface area contributed by atoms with Gasteiger partial charge in [0.1, 0.15) is 0 Å². The van der Waals surface area contributed by atoms with Crippen molar-refractivity contribution < 1.29 is 9.90 Å². The molecule has 0 amide bonds. The van der Waals surface area contributed by atoms with Gasteiger partial charge in [0, 0.05) is 6.08 Å². The van der Waals surface area contributed by atoms with Crippen molar-refractivity contribution in [3.63, 3.8) is 0 Å². The van der Waals surface area contributed by atoms with Gasteiger partial charge in [0.15, 0.2) is 0 Å². The van der Waals surface area contributed by atoms with E-state index in [1.807, 2.05) is 35.7 Å². The molecule has 0 radical (unpaired) electrons. The zero-order valence-corrected chi connectivity index (χ0v) is 9.28. The van der Waals surface area contributed by atoms with Crippen molar-refractivity contribution in [2.45, 2.75) is 0 Å². The van der Waals surface area contributed by atoms with Crippen molar-refractivity contribution in [2.75, 3.05) is 0 Å². The summed E-state index contributed by atoms with van der Waals surface area (Å²) in [6.45, 7) is 0. The van der Waals surface area contributed by atoms with Crippen LogP contribution in [-0.2, 0) is 4.79 Å². The molecule has 0 atom stereocenters. The Labute approximate surface area is 97.5 Å². The van der Waals surface area contributed by atoms with E-state index in [-0.39, 0.29) is 0 Å². The highest BCUT2D eigenvalue weighted by Crippen LogP contribution is 2.23. The second-order valence-corrected chi connectivity index (χ2v) is 4.09. The molecule has 0 aliphatic heterocycles. The molecule has 2 nitrogen and oxygen atoms in total. The van der Waals surface area contributed by atoms with E-state index < -0.39 is 5.97 Å². The molecule has 0 saturated carbocycles. The highest BCUT2D eigenvalue weighted by molar-refractivity contribution is 7.08. The summed E-state index contributed by atoms with van der Waals surface area (Å²) in [5.41, 5.74) is 3.16. The minimum atomic E-state index is -0.930. The molecule has 80 valence electrons. The van der Waals surface area contributed by atoms with Crippen molar-refractivity contribution in [2.24, 2.45) is 0 Å². The van der Waals surface area contributed by atoms with Crippen molar-refractivity contribution in [1.82, 2.24) is 0 Å². The third-order valence-corrected chi connectivity index (χ3v) is 2.84. The first-order chi connectivity index (χ1) is 7.75. The Balaban J connectivity index is 2.30. The van der Waals surface area contributed by atoms with E-state index in [2.05, 4.69) is 5.38 Å². The SMILES string of the molecule is O=C(O)/C=C/c1cccc(-c2ccsc2)c1. The van der Waals surface area contributed by atoms with Crippen LogP contribution in [0.3, 0.4) is 0 Å². The molecule has 2 rings (SSSR count). The number of aliphatic carboxylic acids is 1.